The predicted molar refractivity (Wildman–Crippen MR) is 47.8 cm³/mol. The first kappa shape index (κ1) is 7.97. The van der Waals surface area contributed by atoms with Gasteiger partial charge in [-0.3, -0.25) is 14.2 Å². The van der Waals surface area contributed by atoms with Gasteiger partial charge in [-0.25, -0.2) is 0 Å². The van der Waals surface area contributed by atoms with E-state index in [4.69, 9.17) is 0 Å². The molecule has 0 saturated heterocycles. The first-order valence-corrected chi connectivity index (χ1v) is 4.02. The van der Waals surface area contributed by atoms with Gasteiger partial charge in [-0.1, -0.05) is 0 Å². The van der Waals surface area contributed by atoms with Gasteiger partial charge in [0.25, 0.3) is 5.56 Å². The van der Waals surface area contributed by atoms with Crippen molar-refractivity contribution in [2.24, 2.45) is 0 Å². The summed E-state index contributed by atoms with van der Waals surface area (Å²) < 4.78 is 1.83. The van der Waals surface area contributed by atoms with Crippen molar-refractivity contribution in [2.75, 3.05) is 0 Å². The fourth-order valence-corrected chi connectivity index (χ4v) is 1.37. The SMILES string of the molecule is Cc1c(C)n2c(C)nnc2[nH]c1=O. The Morgan fingerprint density at radius 3 is 2.62 bits per heavy atom. The van der Waals surface area contributed by atoms with E-state index in [-0.39, 0.29) is 5.56 Å². The Bertz CT molecular complexity index is 523. The molecule has 2 heterocycles. The van der Waals surface area contributed by atoms with E-state index in [9.17, 15) is 4.79 Å². The van der Waals surface area contributed by atoms with Gasteiger partial charge in [-0.05, 0) is 20.8 Å². The van der Waals surface area contributed by atoms with Crippen molar-refractivity contribution in [3.8, 4) is 0 Å². The highest BCUT2D eigenvalue weighted by Gasteiger charge is 2.08. The summed E-state index contributed by atoms with van der Waals surface area (Å²) in [6, 6.07) is 0. The van der Waals surface area contributed by atoms with Crippen LogP contribution in [0.25, 0.3) is 5.78 Å². The Hall–Kier alpha value is -1.65. The van der Waals surface area contributed by atoms with Crippen molar-refractivity contribution in [1.29, 1.82) is 0 Å². The fourth-order valence-electron chi connectivity index (χ4n) is 1.37. The minimum Gasteiger partial charge on any atom is -0.290 e. The lowest BCUT2D eigenvalue weighted by Crippen LogP contribution is -2.15. The molecule has 2 aromatic rings. The number of rotatable bonds is 0. The summed E-state index contributed by atoms with van der Waals surface area (Å²) in [5.41, 5.74) is 1.49. The average Bonchev–Trinajstić information content (AvgIpc) is 2.43. The van der Waals surface area contributed by atoms with Crippen molar-refractivity contribution in [2.45, 2.75) is 20.8 Å². The Balaban J connectivity index is 3.06. The number of hydrogen-bond acceptors (Lipinski definition) is 3. The molecule has 0 aliphatic rings. The van der Waals surface area contributed by atoms with Gasteiger partial charge >= 0.3 is 0 Å². The van der Waals surface area contributed by atoms with Crippen LogP contribution in [-0.2, 0) is 0 Å². The highest BCUT2D eigenvalue weighted by atomic mass is 16.1. The Labute approximate surface area is 74.4 Å². The molecule has 0 unspecified atom stereocenters. The molecule has 5 nitrogen and oxygen atoms in total. The first-order valence-electron chi connectivity index (χ1n) is 4.02. The normalized spacial score (nSPS) is 11.0. The van der Waals surface area contributed by atoms with Crippen LogP contribution >= 0.6 is 0 Å². The van der Waals surface area contributed by atoms with Crippen molar-refractivity contribution >= 4 is 5.78 Å². The van der Waals surface area contributed by atoms with Gasteiger partial charge in [0.1, 0.15) is 5.82 Å². The number of H-pyrrole nitrogens is 1. The number of nitrogens with one attached hydrogen (secondary N) is 1. The van der Waals surface area contributed by atoms with Crippen LogP contribution in [0.2, 0.25) is 0 Å². The van der Waals surface area contributed by atoms with E-state index in [2.05, 4.69) is 15.2 Å². The van der Waals surface area contributed by atoms with Gasteiger partial charge in [-0.15, -0.1) is 10.2 Å². The molecule has 13 heavy (non-hydrogen) atoms. The van der Waals surface area contributed by atoms with E-state index < -0.39 is 0 Å². The predicted octanol–water partition coefficient (Wildman–Crippen LogP) is 0.343. The molecule has 0 amide bonds. The van der Waals surface area contributed by atoms with Crippen molar-refractivity contribution in [3.63, 3.8) is 0 Å². The third kappa shape index (κ3) is 0.965. The lowest BCUT2D eigenvalue weighted by atomic mass is 10.3. The Morgan fingerprint density at radius 1 is 1.23 bits per heavy atom. The van der Waals surface area contributed by atoms with Gasteiger partial charge in [-0.2, -0.15) is 0 Å². The molecule has 0 saturated carbocycles. The summed E-state index contributed by atoms with van der Waals surface area (Å²) in [6.07, 6.45) is 0. The van der Waals surface area contributed by atoms with E-state index in [1.807, 2.05) is 18.2 Å². The molecule has 0 atom stereocenters. The average molecular weight is 178 g/mol. The molecule has 0 bridgehead atoms. The van der Waals surface area contributed by atoms with Crippen LogP contribution in [0.15, 0.2) is 4.79 Å². The monoisotopic (exact) mass is 178 g/mol. The van der Waals surface area contributed by atoms with Crippen molar-refractivity contribution < 1.29 is 0 Å². The molecule has 0 fully saturated rings. The smallest absolute Gasteiger partial charge is 0.255 e. The first-order chi connectivity index (χ1) is 6.11. The maximum absolute atomic E-state index is 11.3. The largest absolute Gasteiger partial charge is 0.290 e. The third-order valence-electron chi connectivity index (χ3n) is 2.27. The summed E-state index contributed by atoms with van der Waals surface area (Å²) in [7, 11) is 0. The van der Waals surface area contributed by atoms with E-state index in [0.717, 1.165) is 11.5 Å². The quantitative estimate of drug-likeness (QED) is 0.632. The van der Waals surface area contributed by atoms with Crippen LogP contribution in [0.1, 0.15) is 17.1 Å². The zero-order valence-electron chi connectivity index (χ0n) is 7.75. The van der Waals surface area contributed by atoms with Crippen LogP contribution in [0.3, 0.4) is 0 Å². The second kappa shape index (κ2) is 2.42. The van der Waals surface area contributed by atoms with E-state index in [0.29, 0.717) is 11.3 Å². The highest BCUT2D eigenvalue weighted by Crippen LogP contribution is 2.05. The molecule has 5 heteroatoms. The van der Waals surface area contributed by atoms with Crippen LogP contribution in [0.4, 0.5) is 0 Å². The lowest BCUT2D eigenvalue weighted by Gasteiger charge is -2.02. The molecule has 0 spiro atoms. The third-order valence-corrected chi connectivity index (χ3v) is 2.27. The Kier molecular flexibility index (Phi) is 1.48. The number of aromatic nitrogens is 4. The van der Waals surface area contributed by atoms with Gasteiger partial charge in [0.2, 0.25) is 5.78 Å². The molecular formula is C8H10N4O. The van der Waals surface area contributed by atoms with Crippen LogP contribution in [0, 0.1) is 20.8 Å². The molecule has 2 rings (SSSR count). The molecule has 68 valence electrons. The Morgan fingerprint density at radius 2 is 1.92 bits per heavy atom. The zero-order chi connectivity index (χ0) is 9.59. The summed E-state index contributed by atoms with van der Waals surface area (Å²) in [4.78, 5) is 14.0. The lowest BCUT2D eigenvalue weighted by molar-refractivity contribution is 0.941. The molecule has 0 radical (unpaired) electrons. The standard InChI is InChI=1S/C8H10N4O/c1-4-5(2)12-6(3)10-11-8(12)9-7(4)13/h1-3H3,(H,9,11,13). The van der Waals surface area contributed by atoms with Gasteiger partial charge < -0.3 is 0 Å². The molecule has 0 aliphatic carbocycles. The topological polar surface area (TPSA) is 63.1 Å². The van der Waals surface area contributed by atoms with Crippen molar-refractivity contribution in [1.82, 2.24) is 19.6 Å². The molecule has 2 aromatic heterocycles. The maximum Gasteiger partial charge on any atom is 0.255 e. The van der Waals surface area contributed by atoms with E-state index >= 15 is 0 Å². The number of hydrogen-bond donors (Lipinski definition) is 1. The van der Waals surface area contributed by atoms with Gasteiger partial charge in [0, 0.05) is 11.3 Å². The number of aryl methyl sites for hydroxylation is 2. The van der Waals surface area contributed by atoms with E-state index in [1.54, 1.807) is 6.92 Å². The fraction of sp³-hybridized carbons (Fsp3) is 0.375. The molecule has 1 N–H and O–H groups in total. The summed E-state index contributed by atoms with van der Waals surface area (Å²) in [5.74, 6) is 1.29. The zero-order valence-corrected chi connectivity index (χ0v) is 7.75. The number of fused-ring (bicyclic) bond motifs is 1. The van der Waals surface area contributed by atoms with Gasteiger partial charge in [0.05, 0.1) is 0 Å². The van der Waals surface area contributed by atoms with E-state index in [1.165, 1.54) is 0 Å². The highest BCUT2D eigenvalue weighted by molar-refractivity contribution is 5.33. The molecule has 0 aromatic carbocycles. The van der Waals surface area contributed by atoms with Crippen LogP contribution < -0.4 is 5.56 Å². The molecular weight excluding hydrogens is 168 g/mol. The minimum absolute atomic E-state index is 0.0996. The number of aromatic amines is 1. The minimum atomic E-state index is -0.0996. The second-order valence-corrected chi connectivity index (χ2v) is 3.07. The second-order valence-electron chi connectivity index (χ2n) is 3.07. The maximum atomic E-state index is 11.3. The van der Waals surface area contributed by atoms with Crippen LogP contribution in [-0.4, -0.2) is 19.6 Å². The number of nitrogens with zero attached hydrogens (tertiary/aromatic N) is 3. The summed E-state index contributed by atoms with van der Waals surface area (Å²) >= 11 is 0. The summed E-state index contributed by atoms with van der Waals surface area (Å²) in [5, 5.41) is 7.72. The summed E-state index contributed by atoms with van der Waals surface area (Å²) in [6.45, 7) is 5.52. The molecule has 0 aliphatic heterocycles. The van der Waals surface area contributed by atoms with Crippen molar-refractivity contribution in [3.05, 3.63) is 27.4 Å². The van der Waals surface area contributed by atoms with Gasteiger partial charge in [0.15, 0.2) is 0 Å². The van der Waals surface area contributed by atoms with Crippen LogP contribution in [0.5, 0.6) is 0 Å².